The van der Waals surface area contributed by atoms with Gasteiger partial charge in [-0.2, -0.15) is 0 Å². The van der Waals surface area contributed by atoms with E-state index in [2.05, 4.69) is 5.32 Å². The molecule has 4 N–H and O–H groups in total. The molecular formula is C15H19N3O3. The van der Waals surface area contributed by atoms with Crippen LogP contribution in [-0.2, 0) is 11.8 Å². The first kappa shape index (κ1) is 15.1. The van der Waals surface area contributed by atoms with E-state index in [1.807, 2.05) is 24.3 Å². The molecule has 1 heterocycles. The number of aliphatic carboxylic acids is 1. The molecule has 0 fully saturated rings. The zero-order valence-corrected chi connectivity index (χ0v) is 11.9. The number of carboxylic acid groups (broad SMARTS) is 1. The van der Waals surface area contributed by atoms with Crippen LogP contribution in [0.4, 0.5) is 0 Å². The average molecular weight is 289 g/mol. The quantitative estimate of drug-likeness (QED) is 0.741. The molecule has 21 heavy (non-hydrogen) atoms. The van der Waals surface area contributed by atoms with Crippen molar-refractivity contribution in [2.75, 3.05) is 6.54 Å². The SMILES string of the molecule is Cn1c(C(=O)N[C@@H](CCCN)C(=O)O)cc2ccccc21. The van der Waals surface area contributed by atoms with E-state index in [0.717, 1.165) is 10.9 Å². The molecule has 1 aromatic heterocycles. The van der Waals surface area contributed by atoms with E-state index < -0.39 is 17.9 Å². The lowest BCUT2D eigenvalue weighted by molar-refractivity contribution is -0.139. The molecule has 0 spiro atoms. The summed E-state index contributed by atoms with van der Waals surface area (Å²) in [5.41, 5.74) is 6.75. The maximum Gasteiger partial charge on any atom is 0.326 e. The summed E-state index contributed by atoms with van der Waals surface area (Å²) in [6, 6.07) is 8.45. The Morgan fingerprint density at radius 2 is 2.10 bits per heavy atom. The molecule has 2 rings (SSSR count). The van der Waals surface area contributed by atoms with Gasteiger partial charge in [0.25, 0.3) is 5.91 Å². The van der Waals surface area contributed by atoms with E-state index in [1.165, 1.54) is 0 Å². The number of benzene rings is 1. The fourth-order valence-electron chi connectivity index (χ4n) is 2.32. The normalized spacial score (nSPS) is 12.3. The van der Waals surface area contributed by atoms with Crippen LogP contribution in [-0.4, -0.2) is 34.1 Å². The third-order valence-electron chi connectivity index (χ3n) is 3.48. The minimum atomic E-state index is -1.05. The van der Waals surface area contributed by atoms with E-state index in [-0.39, 0.29) is 0 Å². The molecule has 2 aromatic rings. The summed E-state index contributed by atoms with van der Waals surface area (Å²) in [6.07, 6.45) is 0.869. The minimum absolute atomic E-state index is 0.321. The number of nitrogens with two attached hydrogens (primary N) is 1. The van der Waals surface area contributed by atoms with Gasteiger partial charge < -0.3 is 20.7 Å². The Labute approximate surface area is 122 Å². The molecule has 0 unspecified atom stereocenters. The first-order valence-corrected chi connectivity index (χ1v) is 6.82. The molecule has 1 aromatic carbocycles. The second-order valence-electron chi connectivity index (χ2n) is 4.94. The Morgan fingerprint density at radius 3 is 2.71 bits per heavy atom. The summed E-state index contributed by atoms with van der Waals surface area (Å²) >= 11 is 0. The number of nitrogens with zero attached hydrogens (tertiary/aromatic N) is 1. The van der Waals surface area contributed by atoms with Gasteiger partial charge in [-0.15, -0.1) is 0 Å². The Hall–Kier alpha value is -2.34. The van der Waals surface area contributed by atoms with Crippen molar-refractivity contribution in [3.8, 4) is 0 Å². The Balaban J connectivity index is 2.21. The van der Waals surface area contributed by atoms with Crippen molar-refractivity contribution in [2.45, 2.75) is 18.9 Å². The van der Waals surface area contributed by atoms with E-state index in [4.69, 9.17) is 10.8 Å². The summed E-state index contributed by atoms with van der Waals surface area (Å²) in [4.78, 5) is 23.5. The number of carbonyl (C=O) groups excluding carboxylic acids is 1. The third-order valence-corrected chi connectivity index (χ3v) is 3.48. The van der Waals surface area contributed by atoms with Crippen LogP contribution < -0.4 is 11.1 Å². The number of rotatable bonds is 6. The van der Waals surface area contributed by atoms with Crippen molar-refractivity contribution in [2.24, 2.45) is 12.8 Å². The number of para-hydroxylation sites is 1. The summed E-state index contributed by atoms with van der Waals surface area (Å²) in [5, 5.41) is 12.6. The largest absolute Gasteiger partial charge is 0.480 e. The lowest BCUT2D eigenvalue weighted by Gasteiger charge is -2.14. The number of carbonyl (C=O) groups is 2. The number of aryl methyl sites for hydroxylation is 1. The highest BCUT2D eigenvalue weighted by atomic mass is 16.4. The number of hydrogen-bond donors (Lipinski definition) is 3. The molecule has 0 saturated carbocycles. The first-order chi connectivity index (χ1) is 10.0. The van der Waals surface area contributed by atoms with Crippen molar-refractivity contribution >= 4 is 22.8 Å². The van der Waals surface area contributed by atoms with Crippen LogP contribution in [0.25, 0.3) is 10.9 Å². The van der Waals surface area contributed by atoms with Crippen molar-refractivity contribution < 1.29 is 14.7 Å². The van der Waals surface area contributed by atoms with E-state index in [1.54, 1.807) is 17.7 Å². The van der Waals surface area contributed by atoms with Crippen LogP contribution in [0.1, 0.15) is 23.3 Å². The molecule has 6 nitrogen and oxygen atoms in total. The van der Waals surface area contributed by atoms with Gasteiger partial charge in [0.15, 0.2) is 0 Å². The second-order valence-corrected chi connectivity index (χ2v) is 4.94. The lowest BCUT2D eigenvalue weighted by atomic mass is 10.1. The fraction of sp³-hybridized carbons (Fsp3) is 0.333. The Bertz CT molecular complexity index is 663. The summed E-state index contributed by atoms with van der Waals surface area (Å²) in [6.45, 7) is 0.397. The molecule has 0 radical (unpaired) electrons. The molecule has 0 saturated heterocycles. The van der Waals surface area contributed by atoms with Gasteiger partial charge in [0, 0.05) is 18.0 Å². The van der Waals surface area contributed by atoms with Crippen LogP contribution in [0, 0.1) is 0 Å². The molecule has 1 atom stereocenters. The predicted molar refractivity (Wildman–Crippen MR) is 80.1 cm³/mol. The summed E-state index contributed by atoms with van der Waals surface area (Å²) < 4.78 is 1.76. The van der Waals surface area contributed by atoms with Crippen LogP contribution in [0.3, 0.4) is 0 Å². The highest BCUT2D eigenvalue weighted by molar-refractivity contribution is 6.00. The molecule has 112 valence electrons. The van der Waals surface area contributed by atoms with Crippen LogP contribution in [0.5, 0.6) is 0 Å². The third kappa shape index (κ3) is 3.22. The molecule has 6 heteroatoms. The zero-order chi connectivity index (χ0) is 15.4. The molecule has 0 aliphatic rings. The number of fused-ring (bicyclic) bond motifs is 1. The smallest absolute Gasteiger partial charge is 0.326 e. The summed E-state index contributed by atoms with van der Waals surface area (Å²) in [7, 11) is 1.78. The summed E-state index contributed by atoms with van der Waals surface area (Å²) in [5.74, 6) is -1.44. The maximum absolute atomic E-state index is 12.3. The Kier molecular flexibility index (Phi) is 4.59. The zero-order valence-electron chi connectivity index (χ0n) is 11.9. The lowest BCUT2D eigenvalue weighted by Crippen LogP contribution is -2.41. The van der Waals surface area contributed by atoms with Crippen molar-refractivity contribution in [3.05, 3.63) is 36.0 Å². The number of aromatic nitrogens is 1. The number of hydrogen-bond acceptors (Lipinski definition) is 3. The van der Waals surface area contributed by atoms with Gasteiger partial charge in [-0.25, -0.2) is 4.79 Å². The van der Waals surface area contributed by atoms with E-state index >= 15 is 0 Å². The fourth-order valence-corrected chi connectivity index (χ4v) is 2.32. The number of nitrogens with one attached hydrogen (secondary N) is 1. The molecular weight excluding hydrogens is 270 g/mol. The maximum atomic E-state index is 12.3. The van der Waals surface area contributed by atoms with Gasteiger partial charge in [-0.05, 0) is 31.5 Å². The molecule has 0 aliphatic heterocycles. The van der Waals surface area contributed by atoms with Gasteiger partial charge in [-0.3, -0.25) is 4.79 Å². The highest BCUT2D eigenvalue weighted by Gasteiger charge is 2.22. The molecule has 1 amide bonds. The van der Waals surface area contributed by atoms with Gasteiger partial charge in [0.05, 0.1) is 0 Å². The predicted octanol–water partition coefficient (Wildman–Crippen LogP) is 1.10. The van der Waals surface area contributed by atoms with Crippen LogP contribution in [0.2, 0.25) is 0 Å². The minimum Gasteiger partial charge on any atom is -0.480 e. The van der Waals surface area contributed by atoms with Crippen molar-refractivity contribution in [1.29, 1.82) is 0 Å². The van der Waals surface area contributed by atoms with Crippen LogP contribution in [0.15, 0.2) is 30.3 Å². The van der Waals surface area contributed by atoms with Gasteiger partial charge in [0.2, 0.25) is 0 Å². The topological polar surface area (TPSA) is 97.4 Å². The average Bonchev–Trinajstić information content (AvgIpc) is 2.81. The van der Waals surface area contributed by atoms with Crippen LogP contribution >= 0.6 is 0 Å². The van der Waals surface area contributed by atoms with E-state index in [0.29, 0.717) is 25.1 Å². The number of amides is 1. The van der Waals surface area contributed by atoms with Gasteiger partial charge >= 0.3 is 5.97 Å². The Morgan fingerprint density at radius 1 is 1.38 bits per heavy atom. The van der Waals surface area contributed by atoms with E-state index in [9.17, 15) is 9.59 Å². The standard InChI is InChI=1S/C15H19N3O3/c1-18-12-7-3-2-5-10(12)9-13(18)14(19)17-11(15(20)21)6-4-8-16/h2-3,5,7,9,11H,4,6,8,16H2,1H3,(H,17,19)(H,20,21)/t11-/m0/s1. The first-order valence-electron chi connectivity index (χ1n) is 6.82. The van der Waals surface area contributed by atoms with Gasteiger partial charge in [-0.1, -0.05) is 18.2 Å². The molecule has 0 bridgehead atoms. The van der Waals surface area contributed by atoms with Crippen molar-refractivity contribution in [1.82, 2.24) is 9.88 Å². The monoisotopic (exact) mass is 289 g/mol. The van der Waals surface area contributed by atoms with Crippen molar-refractivity contribution in [3.63, 3.8) is 0 Å². The second kappa shape index (κ2) is 6.41. The molecule has 0 aliphatic carbocycles. The highest BCUT2D eigenvalue weighted by Crippen LogP contribution is 2.18. The van der Waals surface area contributed by atoms with Gasteiger partial charge in [0.1, 0.15) is 11.7 Å². The number of carboxylic acids is 1.